The number of nitrogens with two attached hydrogens (primary N) is 1. The Hall–Kier alpha value is -1.73. The van der Waals surface area contributed by atoms with Gasteiger partial charge in [0, 0.05) is 7.11 Å². The van der Waals surface area contributed by atoms with Crippen molar-refractivity contribution in [1.82, 2.24) is 0 Å². The van der Waals surface area contributed by atoms with Gasteiger partial charge in [-0.25, -0.2) is 13.6 Å². The van der Waals surface area contributed by atoms with E-state index in [1.807, 2.05) is 0 Å². The predicted octanol–water partition coefficient (Wildman–Crippen LogP) is 1.37. The van der Waals surface area contributed by atoms with E-state index in [1.54, 1.807) is 0 Å². The van der Waals surface area contributed by atoms with Gasteiger partial charge in [-0.1, -0.05) is 0 Å². The monoisotopic (exact) mass is 275 g/mol. The fourth-order valence-corrected chi connectivity index (χ4v) is 1.27. The SMILES string of the molecule is COCCOCCOC(=O)c1cc(F)cc(N)c1F. The zero-order valence-corrected chi connectivity index (χ0v) is 10.4. The Bertz CT molecular complexity index is 440. The van der Waals surface area contributed by atoms with Gasteiger partial charge in [0.2, 0.25) is 0 Å². The largest absolute Gasteiger partial charge is 0.460 e. The second-order valence-corrected chi connectivity index (χ2v) is 3.60. The molecule has 1 aromatic rings. The highest BCUT2D eigenvalue weighted by Gasteiger charge is 2.17. The Kier molecular flexibility index (Phi) is 6.17. The Morgan fingerprint density at radius 3 is 2.58 bits per heavy atom. The van der Waals surface area contributed by atoms with Crippen LogP contribution in [0.25, 0.3) is 0 Å². The van der Waals surface area contributed by atoms with Crippen LogP contribution < -0.4 is 5.73 Å². The smallest absolute Gasteiger partial charge is 0.341 e. The zero-order valence-electron chi connectivity index (χ0n) is 10.4. The number of benzene rings is 1. The second-order valence-electron chi connectivity index (χ2n) is 3.60. The Morgan fingerprint density at radius 1 is 1.21 bits per heavy atom. The van der Waals surface area contributed by atoms with Gasteiger partial charge in [0.1, 0.15) is 18.0 Å². The third-order valence-corrected chi connectivity index (χ3v) is 2.18. The standard InChI is InChI=1S/C12H15F2NO4/c1-17-2-3-18-4-5-19-12(16)9-6-8(13)7-10(15)11(9)14/h6-7H,2-5,15H2,1H3. The fraction of sp³-hybridized carbons (Fsp3) is 0.417. The first kappa shape index (κ1) is 15.3. The minimum atomic E-state index is -0.994. The number of esters is 1. The lowest BCUT2D eigenvalue weighted by molar-refractivity contribution is 0.0210. The van der Waals surface area contributed by atoms with Crippen LogP contribution in [0.3, 0.4) is 0 Å². The van der Waals surface area contributed by atoms with E-state index in [-0.39, 0.29) is 13.2 Å². The van der Waals surface area contributed by atoms with Gasteiger partial charge < -0.3 is 19.9 Å². The van der Waals surface area contributed by atoms with Crippen LogP contribution in [0.5, 0.6) is 0 Å². The number of methoxy groups -OCH3 is 1. The van der Waals surface area contributed by atoms with Crippen molar-refractivity contribution in [3.8, 4) is 0 Å². The quantitative estimate of drug-likeness (QED) is 0.462. The maximum Gasteiger partial charge on any atom is 0.341 e. The highest BCUT2D eigenvalue weighted by atomic mass is 19.1. The minimum Gasteiger partial charge on any atom is -0.460 e. The average Bonchev–Trinajstić information content (AvgIpc) is 2.37. The summed E-state index contributed by atoms with van der Waals surface area (Å²) in [5.41, 5.74) is 4.23. The highest BCUT2D eigenvalue weighted by Crippen LogP contribution is 2.18. The molecule has 2 N–H and O–H groups in total. The van der Waals surface area contributed by atoms with Crippen molar-refractivity contribution < 1.29 is 27.8 Å². The molecule has 0 spiro atoms. The topological polar surface area (TPSA) is 70.8 Å². The number of hydrogen-bond acceptors (Lipinski definition) is 5. The fourth-order valence-electron chi connectivity index (χ4n) is 1.27. The summed E-state index contributed by atoms with van der Waals surface area (Å²) in [6.45, 7) is 0.845. The van der Waals surface area contributed by atoms with Crippen LogP contribution in [0.4, 0.5) is 14.5 Å². The molecule has 5 nitrogen and oxygen atoms in total. The van der Waals surface area contributed by atoms with Crippen LogP contribution in [0.1, 0.15) is 10.4 Å². The predicted molar refractivity (Wildman–Crippen MR) is 63.7 cm³/mol. The molecule has 0 fully saturated rings. The van der Waals surface area contributed by atoms with Crippen LogP contribution in [-0.4, -0.2) is 39.5 Å². The average molecular weight is 275 g/mol. The van der Waals surface area contributed by atoms with Gasteiger partial charge in [0.05, 0.1) is 25.5 Å². The van der Waals surface area contributed by atoms with E-state index in [1.165, 1.54) is 7.11 Å². The lowest BCUT2D eigenvalue weighted by atomic mass is 10.2. The van der Waals surface area contributed by atoms with Crippen LogP contribution in [-0.2, 0) is 14.2 Å². The summed E-state index contributed by atoms with van der Waals surface area (Å²) in [4.78, 5) is 11.5. The highest BCUT2D eigenvalue weighted by molar-refractivity contribution is 5.90. The molecule has 0 radical (unpaired) electrons. The van der Waals surface area contributed by atoms with E-state index in [0.29, 0.717) is 13.2 Å². The molecule has 0 unspecified atom stereocenters. The van der Waals surface area contributed by atoms with Crippen LogP contribution in [0, 0.1) is 11.6 Å². The van der Waals surface area contributed by atoms with Crippen molar-refractivity contribution in [3.05, 3.63) is 29.3 Å². The summed E-state index contributed by atoms with van der Waals surface area (Å²) in [5.74, 6) is -2.78. The van der Waals surface area contributed by atoms with Crippen molar-refractivity contribution in [2.75, 3.05) is 39.3 Å². The number of halogens is 2. The molecule has 0 bridgehead atoms. The van der Waals surface area contributed by atoms with Gasteiger partial charge >= 0.3 is 5.97 Å². The van der Waals surface area contributed by atoms with Gasteiger partial charge in [-0.2, -0.15) is 0 Å². The number of carbonyl (C=O) groups is 1. The lowest BCUT2D eigenvalue weighted by Crippen LogP contribution is -2.14. The summed E-state index contributed by atoms with van der Waals surface area (Å²) < 4.78 is 41.0. The van der Waals surface area contributed by atoms with Gasteiger partial charge in [0.15, 0.2) is 5.82 Å². The van der Waals surface area contributed by atoms with Crippen molar-refractivity contribution in [1.29, 1.82) is 0 Å². The second kappa shape index (κ2) is 7.65. The molecule has 0 amide bonds. The normalized spacial score (nSPS) is 10.5. The van der Waals surface area contributed by atoms with Crippen molar-refractivity contribution in [3.63, 3.8) is 0 Å². The van der Waals surface area contributed by atoms with Gasteiger partial charge in [-0.3, -0.25) is 0 Å². The summed E-state index contributed by atoms with van der Waals surface area (Å²) >= 11 is 0. The van der Waals surface area contributed by atoms with E-state index in [2.05, 4.69) is 0 Å². The van der Waals surface area contributed by atoms with Crippen molar-refractivity contribution in [2.45, 2.75) is 0 Å². The molecule has 0 saturated carbocycles. The van der Waals surface area contributed by atoms with Crippen molar-refractivity contribution >= 4 is 11.7 Å². The Labute approximate surface area is 109 Å². The molecular formula is C12H15F2NO4. The van der Waals surface area contributed by atoms with E-state index >= 15 is 0 Å². The first-order valence-corrected chi connectivity index (χ1v) is 5.54. The van der Waals surface area contributed by atoms with Crippen LogP contribution >= 0.6 is 0 Å². The molecule has 19 heavy (non-hydrogen) atoms. The van der Waals surface area contributed by atoms with Gasteiger partial charge in [0.25, 0.3) is 0 Å². The maximum absolute atomic E-state index is 13.5. The summed E-state index contributed by atoms with van der Waals surface area (Å²) in [6.07, 6.45) is 0. The minimum absolute atomic E-state index is 0.0710. The molecule has 1 rings (SSSR count). The van der Waals surface area contributed by atoms with E-state index in [0.717, 1.165) is 12.1 Å². The first-order chi connectivity index (χ1) is 9.06. The zero-order chi connectivity index (χ0) is 14.3. The number of nitrogen functional groups attached to an aromatic ring is 1. The number of hydrogen-bond donors (Lipinski definition) is 1. The lowest BCUT2D eigenvalue weighted by Gasteiger charge is -2.07. The molecule has 0 aliphatic rings. The van der Waals surface area contributed by atoms with Gasteiger partial charge in [-0.15, -0.1) is 0 Å². The first-order valence-electron chi connectivity index (χ1n) is 5.54. The molecule has 0 atom stereocenters. The molecule has 0 aliphatic heterocycles. The molecule has 1 aromatic carbocycles. The maximum atomic E-state index is 13.5. The summed E-state index contributed by atoms with van der Waals surface area (Å²) in [7, 11) is 1.53. The molecule has 0 saturated heterocycles. The third-order valence-electron chi connectivity index (χ3n) is 2.18. The van der Waals surface area contributed by atoms with E-state index in [4.69, 9.17) is 19.9 Å². The van der Waals surface area contributed by atoms with Crippen molar-refractivity contribution in [2.24, 2.45) is 0 Å². The molecule has 0 aromatic heterocycles. The van der Waals surface area contributed by atoms with E-state index in [9.17, 15) is 13.6 Å². The van der Waals surface area contributed by atoms with Gasteiger partial charge in [-0.05, 0) is 12.1 Å². The summed E-state index contributed by atoms with van der Waals surface area (Å²) in [6, 6.07) is 1.53. The molecule has 106 valence electrons. The third kappa shape index (κ3) is 4.80. The number of ether oxygens (including phenoxy) is 3. The number of carbonyl (C=O) groups excluding carboxylic acids is 1. The Morgan fingerprint density at radius 2 is 1.89 bits per heavy atom. The number of anilines is 1. The van der Waals surface area contributed by atoms with Crippen LogP contribution in [0.2, 0.25) is 0 Å². The van der Waals surface area contributed by atoms with Crippen LogP contribution in [0.15, 0.2) is 12.1 Å². The Balaban J connectivity index is 2.46. The molecule has 7 heteroatoms. The number of rotatable bonds is 7. The molecular weight excluding hydrogens is 260 g/mol. The summed E-state index contributed by atoms with van der Waals surface area (Å²) in [5, 5.41) is 0. The molecule has 0 aliphatic carbocycles. The molecule has 0 heterocycles. The van der Waals surface area contributed by atoms with E-state index < -0.39 is 28.9 Å².